The van der Waals surface area contributed by atoms with Crippen molar-refractivity contribution in [1.82, 2.24) is 5.01 Å². The van der Waals surface area contributed by atoms with Gasteiger partial charge in [-0.3, -0.25) is 9.59 Å². The van der Waals surface area contributed by atoms with E-state index in [4.69, 9.17) is 9.84 Å². The highest BCUT2D eigenvalue weighted by molar-refractivity contribution is 8.15. The molecule has 0 bridgehead atoms. The van der Waals surface area contributed by atoms with Crippen LogP contribution in [0.15, 0.2) is 76.8 Å². The first-order valence-corrected chi connectivity index (χ1v) is 13.1. The Balaban J connectivity index is 1.35. The molecule has 0 spiro atoms. The molecule has 0 unspecified atom stereocenters. The summed E-state index contributed by atoms with van der Waals surface area (Å²) in [5, 5.41) is 9.24. The summed E-state index contributed by atoms with van der Waals surface area (Å²) in [4.78, 5) is 29.9. The number of amides is 2. The Labute approximate surface area is 224 Å². The number of ether oxygens (including phenoxy) is 1. The van der Waals surface area contributed by atoms with Crippen LogP contribution in [-0.4, -0.2) is 40.1 Å². The lowest BCUT2D eigenvalue weighted by Gasteiger charge is -2.23. The van der Waals surface area contributed by atoms with Crippen LogP contribution in [-0.2, 0) is 9.59 Å². The number of amidine groups is 1. The van der Waals surface area contributed by atoms with Crippen molar-refractivity contribution in [3.63, 3.8) is 0 Å². The van der Waals surface area contributed by atoms with Gasteiger partial charge in [0, 0.05) is 18.5 Å². The lowest BCUT2D eigenvalue weighted by Crippen LogP contribution is -2.25. The molecule has 5 rings (SSSR count). The van der Waals surface area contributed by atoms with Crippen LogP contribution in [0.25, 0.3) is 0 Å². The van der Waals surface area contributed by atoms with E-state index in [1.54, 1.807) is 24.3 Å². The summed E-state index contributed by atoms with van der Waals surface area (Å²) in [6.07, 6.45) is 0.539. The number of thioether (sulfide) groups is 1. The molecule has 0 saturated heterocycles. The first-order valence-electron chi connectivity index (χ1n) is 12.2. The van der Waals surface area contributed by atoms with Gasteiger partial charge in [0.2, 0.25) is 5.91 Å². The molecule has 2 atom stereocenters. The van der Waals surface area contributed by atoms with E-state index in [2.05, 4.69) is 10.3 Å². The standard InChI is InChI=1S/C29H27FN4O3S/c1-17-5-4-6-23(18(17)2)31-27(35)16-26-28(36)32-29(38-26)34-25(20-7-11-21(30)12-8-20)15-24(33-34)19-9-13-22(37-3)14-10-19/h4-14,25-26H,15-16H2,1-3H3,(H,31,35)/t25-,26-/m1/s1. The Morgan fingerprint density at radius 1 is 1.11 bits per heavy atom. The van der Waals surface area contributed by atoms with Crippen LogP contribution in [0.2, 0.25) is 0 Å². The third kappa shape index (κ3) is 5.33. The summed E-state index contributed by atoms with van der Waals surface area (Å²) in [5.74, 6) is -0.207. The number of rotatable bonds is 6. The molecule has 38 heavy (non-hydrogen) atoms. The first kappa shape index (κ1) is 25.7. The molecule has 3 aromatic rings. The molecular weight excluding hydrogens is 503 g/mol. The average molecular weight is 531 g/mol. The summed E-state index contributed by atoms with van der Waals surface area (Å²) in [6.45, 7) is 3.93. The Morgan fingerprint density at radius 2 is 1.84 bits per heavy atom. The summed E-state index contributed by atoms with van der Waals surface area (Å²) >= 11 is 1.23. The van der Waals surface area contributed by atoms with E-state index in [0.717, 1.165) is 39.4 Å². The van der Waals surface area contributed by atoms with Crippen molar-refractivity contribution in [1.29, 1.82) is 0 Å². The second kappa shape index (κ2) is 10.8. The molecule has 2 amide bonds. The number of carbonyl (C=O) groups excluding carboxylic acids is 2. The topological polar surface area (TPSA) is 83.4 Å². The van der Waals surface area contributed by atoms with Crippen molar-refractivity contribution >= 4 is 40.1 Å². The van der Waals surface area contributed by atoms with Crippen molar-refractivity contribution in [2.45, 2.75) is 38.0 Å². The molecule has 1 N–H and O–H groups in total. The molecule has 0 saturated carbocycles. The van der Waals surface area contributed by atoms with E-state index in [9.17, 15) is 14.0 Å². The molecule has 9 heteroatoms. The second-order valence-corrected chi connectivity index (χ2v) is 10.4. The minimum Gasteiger partial charge on any atom is -0.497 e. The third-order valence-corrected chi connectivity index (χ3v) is 7.90. The van der Waals surface area contributed by atoms with Crippen molar-refractivity contribution in [2.75, 3.05) is 12.4 Å². The smallest absolute Gasteiger partial charge is 0.262 e. The van der Waals surface area contributed by atoms with E-state index in [1.807, 2.05) is 56.3 Å². The van der Waals surface area contributed by atoms with Crippen LogP contribution in [0.4, 0.5) is 10.1 Å². The van der Waals surface area contributed by atoms with Gasteiger partial charge in [-0.1, -0.05) is 36.0 Å². The largest absolute Gasteiger partial charge is 0.497 e. The van der Waals surface area contributed by atoms with Crippen LogP contribution in [0.5, 0.6) is 5.75 Å². The van der Waals surface area contributed by atoms with Crippen molar-refractivity contribution in [3.05, 3.63) is 94.8 Å². The molecular formula is C29H27FN4O3S. The lowest BCUT2D eigenvalue weighted by molar-refractivity contribution is -0.121. The maximum absolute atomic E-state index is 13.6. The monoisotopic (exact) mass is 530 g/mol. The lowest BCUT2D eigenvalue weighted by atomic mass is 9.98. The molecule has 0 aliphatic carbocycles. The quantitative estimate of drug-likeness (QED) is 0.447. The summed E-state index contributed by atoms with van der Waals surface area (Å²) < 4.78 is 18.9. The number of benzene rings is 3. The maximum Gasteiger partial charge on any atom is 0.262 e. The van der Waals surface area contributed by atoms with Gasteiger partial charge in [0.25, 0.3) is 5.91 Å². The average Bonchev–Trinajstić information content (AvgIpc) is 3.51. The number of aryl methyl sites for hydroxylation is 1. The molecule has 194 valence electrons. The Kier molecular flexibility index (Phi) is 7.28. The van der Waals surface area contributed by atoms with Gasteiger partial charge < -0.3 is 10.1 Å². The Bertz CT molecular complexity index is 1440. The number of hydrogen-bond donors (Lipinski definition) is 1. The number of anilines is 1. The van der Waals surface area contributed by atoms with Crippen molar-refractivity contribution in [3.8, 4) is 5.75 Å². The summed E-state index contributed by atoms with van der Waals surface area (Å²) in [6, 6.07) is 19.3. The zero-order valence-corrected chi connectivity index (χ0v) is 22.1. The van der Waals surface area contributed by atoms with Gasteiger partial charge in [-0.15, -0.1) is 0 Å². The number of hydrazone groups is 1. The predicted octanol–water partition coefficient (Wildman–Crippen LogP) is 5.63. The minimum atomic E-state index is -0.649. The molecule has 0 radical (unpaired) electrons. The Morgan fingerprint density at radius 3 is 2.55 bits per heavy atom. The number of nitrogens with zero attached hydrogens (tertiary/aromatic N) is 3. The minimum absolute atomic E-state index is 0.00596. The van der Waals surface area contributed by atoms with E-state index in [-0.39, 0.29) is 30.1 Å². The van der Waals surface area contributed by atoms with Crippen LogP contribution in [0.3, 0.4) is 0 Å². The first-order chi connectivity index (χ1) is 18.3. The van der Waals surface area contributed by atoms with Gasteiger partial charge in [0.05, 0.1) is 18.9 Å². The van der Waals surface area contributed by atoms with Crippen LogP contribution in [0.1, 0.15) is 41.1 Å². The van der Waals surface area contributed by atoms with Gasteiger partial charge in [0.1, 0.15) is 16.8 Å². The fraction of sp³-hybridized carbons (Fsp3) is 0.241. The molecule has 7 nitrogen and oxygen atoms in total. The zero-order chi connectivity index (χ0) is 26.8. The molecule has 0 aromatic heterocycles. The number of nitrogens with one attached hydrogen (secondary N) is 1. The normalized spacial score (nSPS) is 18.8. The molecule has 2 aliphatic rings. The van der Waals surface area contributed by atoms with Crippen LogP contribution < -0.4 is 10.1 Å². The van der Waals surface area contributed by atoms with Gasteiger partial charge in [-0.2, -0.15) is 10.1 Å². The van der Waals surface area contributed by atoms with E-state index < -0.39 is 5.25 Å². The third-order valence-electron chi connectivity index (χ3n) is 6.76. The second-order valence-electron chi connectivity index (χ2n) is 9.23. The molecule has 3 aromatic carbocycles. The van der Waals surface area contributed by atoms with Gasteiger partial charge in [-0.05, 0) is 78.6 Å². The molecule has 0 fully saturated rings. The van der Waals surface area contributed by atoms with Gasteiger partial charge in [-0.25, -0.2) is 9.40 Å². The number of aliphatic imine (C=N–C) groups is 1. The highest BCUT2D eigenvalue weighted by Crippen LogP contribution is 2.39. The predicted molar refractivity (Wildman–Crippen MR) is 148 cm³/mol. The highest BCUT2D eigenvalue weighted by Gasteiger charge is 2.39. The SMILES string of the molecule is COc1ccc(C2=NN(C3=NC(=O)[C@@H](CC(=O)Nc4cccc(C)c4C)S3)[C@@H](c3ccc(F)cc3)C2)cc1. The summed E-state index contributed by atoms with van der Waals surface area (Å²) in [7, 11) is 1.61. The van der Waals surface area contributed by atoms with E-state index in [0.29, 0.717) is 11.6 Å². The van der Waals surface area contributed by atoms with Crippen molar-refractivity contribution < 1.29 is 18.7 Å². The van der Waals surface area contributed by atoms with Crippen LogP contribution in [0, 0.1) is 19.7 Å². The van der Waals surface area contributed by atoms with E-state index in [1.165, 1.54) is 23.9 Å². The fourth-order valence-electron chi connectivity index (χ4n) is 4.45. The number of hydrogen-bond acceptors (Lipinski definition) is 6. The molecule has 2 aliphatic heterocycles. The highest BCUT2D eigenvalue weighted by atomic mass is 32.2. The number of carbonyl (C=O) groups is 2. The number of halogens is 1. The maximum atomic E-state index is 13.6. The van der Waals surface area contributed by atoms with E-state index >= 15 is 0 Å². The zero-order valence-electron chi connectivity index (χ0n) is 21.3. The van der Waals surface area contributed by atoms with Gasteiger partial charge in [0.15, 0.2) is 5.17 Å². The summed E-state index contributed by atoms with van der Waals surface area (Å²) in [5.41, 5.74) is 5.38. The molecule has 2 heterocycles. The fourth-order valence-corrected chi connectivity index (χ4v) is 5.51. The van der Waals surface area contributed by atoms with Gasteiger partial charge >= 0.3 is 0 Å². The van der Waals surface area contributed by atoms with Crippen molar-refractivity contribution in [2.24, 2.45) is 10.1 Å². The number of methoxy groups -OCH3 is 1. The Hall–Kier alpha value is -3.98. The van der Waals surface area contributed by atoms with Crippen LogP contribution >= 0.6 is 11.8 Å².